The van der Waals surface area contributed by atoms with Gasteiger partial charge in [0.05, 0.1) is 0 Å². The van der Waals surface area contributed by atoms with E-state index in [9.17, 15) is 0 Å². The number of benzene rings is 1. The molecule has 0 aliphatic carbocycles. The minimum atomic E-state index is 0.105. The SMILES string of the molecule is NC(CCN1CCC(CO)CC1)c1cccc(Br)c1. The number of halogens is 1. The highest BCUT2D eigenvalue weighted by atomic mass is 79.9. The molecule has 0 radical (unpaired) electrons. The van der Waals surface area contributed by atoms with Gasteiger partial charge in [-0.25, -0.2) is 0 Å². The van der Waals surface area contributed by atoms with Gasteiger partial charge in [0.1, 0.15) is 0 Å². The van der Waals surface area contributed by atoms with Crippen molar-refractivity contribution in [2.45, 2.75) is 25.3 Å². The summed E-state index contributed by atoms with van der Waals surface area (Å²) in [4.78, 5) is 2.46. The molecular weight excluding hydrogens is 304 g/mol. The Morgan fingerprint density at radius 2 is 2.11 bits per heavy atom. The molecule has 1 heterocycles. The molecule has 2 rings (SSSR count). The van der Waals surface area contributed by atoms with Gasteiger partial charge in [-0.3, -0.25) is 0 Å². The zero-order valence-electron chi connectivity index (χ0n) is 11.3. The lowest BCUT2D eigenvalue weighted by Crippen LogP contribution is -2.36. The quantitative estimate of drug-likeness (QED) is 0.874. The Morgan fingerprint density at radius 3 is 2.74 bits per heavy atom. The van der Waals surface area contributed by atoms with Crippen LogP contribution in [0, 0.1) is 5.92 Å². The normalized spacial score (nSPS) is 19.5. The van der Waals surface area contributed by atoms with Gasteiger partial charge in [0.15, 0.2) is 0 Å². The van der Waals surface area contributed by atoms with E-state index in [4.69, 9.17) is 10.8 Å². The fourth-order valence-electron chi connectivity index (χ4n) is 2.62. The van der Waals surface area contributed by atoms with E-state index < -0.39 is 0 Å². The average molecular weight is 327 g/mol. The third-order valence-corrected chi connectivity index (χ3v) is 4.49. The van der Waals surface area contributed by atoms with Crippen LogP contribution in [0.2, 0.25) is 0 Å². The predicted molar refractivity (Wildman–Crippen MR) is 81.9 cm³/mol. The lowest BCUT2D eigenvalue weighted by molar-refractivity contribution is 0.129. The van der Waals surface area contributed by atoms with E-state index in [1.54, 1.807) is 0 Å². The second-order valence-electron chi connectivity index (χ2n) is 5.42. The fourth-order valence-corrected chi connectivity index (χ4v) is 3.04. The molecule has 1 aliphatic heterocycles. The van der Waals surface area contributed by atoms with Gasteiger partial charge in [0.25, 0.3) is 0 Å². The molecule has 1 fully saturated rings. The summed E-state index contributed by atoms with van der Waals surface area (Å²) in [5.41, 5.74) is 7.44. The molecule has 1 saturated heterocycles. The predicted octanol–water partition coefficient (Wildman–Crippen LogP) is 2.54. The van der Waals surface area contributed by atoms with Crippen molar-refractivity contribution >= 4 is 15.9 Å². The maximum Gasteiger partial charge on any atom is 0.0460 e. The smallest absolute Gasteiger partial charge is 0.0460 e. The van der Waals surface area contributed by atoms with Crippen LogP contribution < -0.4 is 5.73 Å². The molecule has 3 N–H and O–H groups in total. The second-order valence-corrected chi connectivity index (χ2v) is 6.33. The van der Waals surface area contributed by atoms with E-state index in [0.717, 1.165) is 43.4 Å². The van der Waals surface area contributed by atoms with Crippen molar-refractivity contribution < 1.29 is 5.11 Å². The molecule has 3 nitrogen and oxygen atoms in total. The zero-order valence-corrected chi connectivity index (χ0v) is 12.8. The molecule has 0 aromatic heterocycles. The molecule has 1 aromatic rings. The van der Waals surface area contributed by atoms with Crippen LogP contribution in [-0.2, 0) is 0 Å². The molecule has 0 spiro atoms. The highest BCUT2D eigenvalue weighted by Crippen LogP contribution is 2.21. The summed E-state index contributed by atoms with van der Waals surface area (Å²) in [6.07, 6.45) is 3.21. The summed E-state index contributed by atoms with van der Waals surface area (Å²) in [7, 11) is 0. The van der Waals surface area contributed by atoms with Crippen LogP contribution in [0.3, 0.4) is 0 Å². The van der Waals surface area contributed by atoms with Crippen LogP contribution in [0.15, 0.2) is 28.7 Å². The van der Waals surface area contributed by atoms with Gasteiger partial charge in [0.2, 0.25) is 0 Å². The van der Waals surface area contributed by atoms with Crippen molar-refractivity contribution in [1.82, 2.24) is 4.90 Å². The molecule has 1 atom stereocenters. The van der Waals surface area contributed by atoms with Crippen LogP contribution >= 0.6 is 15.9 Å². The molecule has 1 aliphatic rings. The van der Waals surface area contributed by atoms with Gasteiger partial charge < -0.3 is 15.7 Å². The number of hydrogen-bond acceptors (Lipinski definition) is 3. The fraction of sp³-hybridized carbons (Fsp3) is 0.600. The van der Waals surface area contributed by atoms with Crippen molar-refractivity contribution in [2.75, 3.05) is 26.2 Å². The topological polar surface area (TPSA) is 49.5 Å². The summed E-state index contributed by atoms with van der Waals surface area (Å²) in [6.45, 7) is 3.57. The largest absolute Gasteiger partial charge is 0.396 e. The molecule has 4 heteroatoms. The first kappa shape index (κ1) is 15.0. The monoisotopic (exact) mass is 326 g/mol. The maximum atomic E-state index is 9.13. The number of aliphatic hydroxyl groups excluding tert-OH is 1. The Bertz CT molecular complexity index is 391. The number of aliphatic hydroxyl groups is 1. The van der Waals surface area contributed by atoms with Crippen molar-refractivity contribution in [1.29, 1.82) is 0 Å². The van der Waals surface area contributed by atoms with Crippen LogP contribution in [0.25, 0.3) is 0 Å². The van der Waals surface area contributed by atoms with E-state index in [1.807, 2.05) is 12.1 Å². The summed E-state index contributed by atoms with van der Waals surface area (Å²) in [5, 5.41) is 9.13. The molecule has 0 amide bonds. The zero-order chi connectivity index (χ0) is 13.7. The Morgan fingerprint density at radius 1 is 1.37 bits per heavy atom. The minimum Gasteiger partial charge on any atom is -0.396 e. The minimum absolute atomic E-state index is 0.105. The van der Waals surface area contributed by atoms with Crippen LogP contribution in [0.1, 0.15) is 30.9 Å². The number of piperidine rings is 1. The Balaban J connectivity index is 1.76. The van der Waals surface area contributed by atoms with Gasteiger partial charge in [-0.15, -0.1) is 0 Å². The highest BCUT2D eigenvalue weighted by Gasteiger charge is 2.18. The summed E-state index contributed by atoms with van der Waals surface area (Å²) >= 11 is 3.48. The van der Waals surface area contributed by atoms with Crippen molar-refractivity contribution in [2.24, 2.45) is 11.7 Å². The summed E-state index contributed by atoms with van der Waals surface area (Å²) < 4.78 is 1.09. The number of hydrogen-bond donors (Lipinski definition) is 2. The van der Waals surface area contributed by atoms with Crippen LogP contribution in [0.5, 0.6) is 0 Å². The molecular formula is C15H23BrN2O. The van der Waals surface area contributed by atoms with E-state index in [2.05, 4.69) is 33.0 Å². The third-order valence-electron chi connectivity index (χ3n) is 4.00. The van der Waals surface area contributed by atoms with Gasteiger partial charge in [-0.05, 0) is 62.5 Å². The van der Waals surface area contributed by atoms with Gasteiger partial charge >= 0.3 is 0 Å². The number of nitrogens with two attached hydrogens (primary N) is 1. The molecule has 0 bridgehead atoms. The lowest BCUT2D eigenvalue weighted by Gasteiger charge is -2.31. The summed E-state index contributed by atoms with van der Waals surface area (Å²) in [6, 6.07) is 8.35. The molecule has 19 heavy (non-hydrogen) atoms. The number of likely N-dealkylation sites (tertiary alicyclic amines) is 1. The van der Waals surface area contributed by atoms with Gasteiger partial charge in [-0.2, -0.15) is 0 Å². The van der Waals surface area contributed by atoms with Crippen LogP contribution in [-0.4, -0.2) is 36.2 Å². The van der Waals surface area contributed by atoms with Crippen LogP contribution in [0.4, 0.5) is 0 Å². The van der Waals surface area contributed by atoms with Gasteiger partial charge in [0, 0.05) is 17.1 Å². The van der Waals surface area contributed by atoms with E-state index in [-0.39, 0.29) is 6.04 Å². The van der Waals surface area contributed by atoms with Crippen molar-refractivity contribution in [3.05, 3.63) is 34.3 Å². The standard InChI is InChI=1S/C15H23BrN2O/c16-14-3-1-2-13(10-14)15(17)6-9-18-7-4-12(11-19)5-8-18/h1-3,10,12,15,19H,4-9,11,17H2. The van der Waals surface area contributed by atoms with E-state index >= 15 is 0 Å². The van der Waals surface area contributed by atoms with E-state index in [0.29, 0.717) is 12.5 Å². The molecule has 106 valence electrons. The Labute approximate surface area is 123 Å². The molecule has 1 aromatic carbocycles. The first-order valence-corrected chi connectivity index (χ1v) is 7.82. The maximum absolute atomic E-state index is 9.13. The van der Waals surface area contributed by atoms with Crippen molar-refractivity contribution in [3.63, 3.8) is 0 Å². The Hall–Kier alpha value is -0.420. The third kappa shape index (κ3) is 4.56. The lowest BCUT2D eigenvalue weighted by atomic mass is 9.97. The second kappa shape index (κ2) is 7.39. The van der Waals surface area contributed by atoms with E-state index in [1.165, 1.54) is 5.56 Å². The first-order chi connectivity index (χ1) is 9.19. The van der Waals surface area contributed by atoms with Gasteiger partial charge in [-0.1, -0.05) is 28.1 Å². The first-order valence-electron chi connectivity index (χ1n) is 7.03. The summed E-state index contributed by atoms with van der Waals surface area (Å²) in [5.74, 6) is 0.509. The van der Waals surface area contributed by atoms with Crippen molar-refractivity contribution in [3.8, 4) is 0 Å². The average Bonchev–Trinajstić information content (AvgIpc) is 2.45. The number of nitrogens with zero attached hydrogens (tertiary/aromatic N) is 1. The molecule has 0 saturated carbocycles. The highest BCUT2D eigenvalue weighted by molar-refractivity contribution is 9.10. The molecule has 1 unspecified atom stereocenters. The Kier molecular flexibility index (Phi) is 5.82. The number of rotatable bonds is 5.